The maximum atomic E-state index is 11.5. The topological polar surface area (TPSA) is 60.4 Å². The number of carbonyl (C=O) groups is 1. The van der Waals surface area contributed by atoms with Gasteiger partial charge in [-0.25, -0.2) is 0 Å². The van der Waals surface area contributed by atoms with Gasteiger partial charge in [0.05, 0.1) is 5.60 Å². The van der Waals surface area contributed by atoms with Crippen LogP contribution in [0.25, 0.3) is 10.8 Å². The molecule has 1 saturated carbocycles. The standard InChI is InChI=1S/C33H30O3S.Na/c1-32(2,36)29-12-5-6-13-30(29)37-22-33(21-28(33)20-31(34)35)27-11-7-8-23(19-27)14-15-24-16-17-25-9-3-4-10-26(25)18-24;/h3-13,16-19,28,36H,20-22H2,1-2H3,(H,34,35);/q;+1/p-1/t28?,33-;/m1./s1. The van der Waals surface area contributed by atoms with E-state index in [0.29, 0.717) is 0 Å². The van der Waals surface area contributed by atoms with Crippen LogP contribution in [0.3, 0.4) is 0 Å². The predicted molar refractivity (Wildman–Crippen MR) is 148 cm³/mol. The van der Waals surface area contributed by atoms with Crippen molar-refractivity contribution in [1.82, 2.24) is 0 Å². The van der Waals surface area contributed by atoms with Crippen LogP contribution in [0.15, 0.2) is 95.9 Å². The SMILES string of the molecule is CC(C)(O)c1ccccc1SC[C@@]1(c2cccc(C#Cc3ccc4ccccc4c3)c2)CC1CC(=O)[O-].[Na+]. The molecule has 1 aliphatic carbocycles. The molecule has 4 aromatic carbocycles. The van der Waals surface area contributed by atoms with Crippen molar-refractivity contribution in [3.05, 3.63) is 113 Å². The molecular weight excluding hydrogens is 499 g/mol. The van der Waals surface area contributed by atoms with Crippen LogP contribution in [0.4, 0.5) is 0 Å². The van der Waals surface area contributed by atoms with Crippen LogP contribution >= 0.6 is 11.8 Å². The molecule has 1 aliphatic rings. The molecule has 1 N–H and O–H groups in total. The summed E-state index contributed by atoms with van der Waals surface area (Å²) in [6.45, 7) is 3.58. The van der Waals surface area contributed by atoms with Gasteiger partial charge in [0.2, 0.25) is 0 Å². The molecule has 0 heterocycles. The average Bonchev–Trinajstić information content (AvgIpc) is 3.58. The number of fused-ring (bicyclic) bond motifs is 1. The van der Waals surface area contributed by atoms with Gasteiger partial charge in [-0.3, -0.25) is 0 Å². The number of benzene rings is 4. The van der Waals surface area contributed by atoms with E-state index >= 15 is 0 Å². The van der Waals surface area contributed by atoms with Gasteiger partial charge in [-0.2, -0.15) is 0 Å². The molecule has 5 heteroatoms. The van der Waals surface area contributed by atoms with Gasteiger partial charge in [-0.05, 0) is 84.8 Å². The second kappa shape index (κ2) is 11.7. The average molecular weight is 529 g/mol. The number of thioether (sulfide) groups is 1. The smallest absolute Gasteiger partial charge is 0.550 e. The van der Waals surface area contributed by atoms with Crippen LogP contribution in [0.1, 0.15) is 48.9 Å². The van der Waals surface area contributed by atoms with Gasteiger partial charge in [0.25, 0.3) is 0 Å². The number of carboxylic acid groups (broad SMARTS) is 1. The molecule has 0 radical (unpaired) electrons. The van der Waals surface area contributed by atoms with Crippen molar-refractivity contribution in [2.45, 2.75) is 42.6 Å². The summed E-state index contributed by atoms with van der Waals surface area (Å²) in [7, 11) is 0. The molecule has 0 spiro atoms. The van der Waals surface area contributed by atoms with Crippen molar-refractivity contribution in [3.8, 4) is 11.8 Å². The minimum atomic E-state index is -1.01. The Labute approximate surface area is 251 Å². The number of carbonyl (C=O) groups excluding carboxylic acids is 1. The van der Waals surface area contributed by atoms with Crippen molar-refractivity contribution in [3.63, 3.8) is 0 Å². The molecular formula is C33H29NaO3S. The molecule has 0 aromatic heterocycles. The van der Waals surface area contributed by atoms with Crippen LogP contribution in [-0.4, -0.2) is 16.8 Å². The van der Waals surface area contributed by atoms with E-state index in [1.54, 1.807) is 25.6 Å². The Kier molecular flexibility index (Phi) is 8.77. The summed E-state index contributed by atoms with van der Waals surface area (Å²) < 4.78 is 0. The third-order valence-electron chi connectivity index (χ3n) is 7.21. The van der Waals surface area contributed by atoms with E-state index in [9.17, 15) is 15.0 Å². The number of carboxylic acids is 1. The van der Waals surface area contributed by atoms with Gasteiger partial charge >= 0.3 is 29.6 Å². The van der Waals surface area contributed by atoms with Gasteiger partial charge in [-0.15, -0.1) is 11.8 Å². The third-order valence-corrected chi connectivity index (χ3v) is 8.54. The monoisotopic (exact) mass is 528 g/mol. The summed E-state index contributed by atoms with van der Waals surface area (Å²) >= 11 is 1.68. The molecule has 0 aliphatic heterocycles. The fraction of sp³-hybridized carbons (Fsp3) is 0.242. The van der Waals surface area contributed by atoms with Crippen LogP contribution in [0.2, 0.25) is 0 Å². The minimum absolute atomic E-state index is 0. The summed E-state index contributed by atoms with van der Waals surface area (Å²) in [4.78, 5) is 12.5. The number of rotatable bonds is 7. The maximum Gasteiger partial charge on any atom is 1.00 e. The Bertz CT molecular complexity index is 1530. The van der Waals surface area contributed by atoms with Gasteiger partial charge in [0, 0.05) is 33.2 Å². The maximum absolute atomic E-state index is 11.5. The molecule has 0 amide bonds. The fourth-order valence-electron chi connectivity index (χ4n) is 5.09. The number of aliphatic carboxylic acids is 1. The molecule has 38 heavy (non-hydrogen) atoms. The van der Waals surface area contributed by atoms with Crippen LogP contribution in [0, 0.1) is 17.8 Å². The molecule has 186 valence electrons. The molecule has 1 fully saturated rings. The normalized spacial score (nSPS) is 18.2. The first-order valence-electron chi connectivity index (χ1n) is 12.5. The summed E-state index contributed by atoms with van der Waals surface area (Å²) in [5.74, 6) is 6.32. The zero-order valence-electron chi connectivity index (χ0n) is 22.0. The Hall–Kier alpha value is -2.52. The Morgan fingerprint density at radius 1 is 0.947 bits per heavy atom. The molecule has 3 nitrogen and oxygen atoms in total. The first-order chi connectivity index (χ1) is 17.7. The quantitative estimate of drug-likeness (QED) is 0.228. The van der Waals surface area contributed by atoms with Gasteiger partial charge in [0.1, 0.15) is 0 Å². The molecule has 4 aromatic rings. The van der Waals surface area contributed by atoms with E-state index in [0.717, 1.165) is 44.7 Å². The summed E-state index contributed by atoms with van der Waals surface area (Å²) in [6, 6.07) is 30.5. The van der Waals surface area contributed by atoms with Crippen LogP contribution in [-0.2, 0) is 15.8 Å². The Balaban J connectivity index is 0.00000336. The zero-order valence-corrected chi connectivity index (χ0v) is 24.8. The zero-order chi connectivity index (χ0) is 26.0. The molecule has 2 atom stereocenters. The number of hydrogen-bond acceptors (Lipinski definition) is 4. The fourth-order valence-corrected chi connectivity index (χ4v) is 6.67. The van der Waals surface area contributed by atoms with Crippen molar-refractivity contribution in [2.75, 3.05) is 5.75 Å². The van der Waals surface area contributed by atoms with Crippen molar-refractivity contribution < 1.29 is 44.6 Å². The van der Waals surface area contributed by atoms with E-state index in [4.69, 9.17) is 0 Å². The molecule has 0 bridgehead atoms. The van der Waals surface area contributed by atoms with E-state index < -0.39 is 11.6 Å². The van der Waals surface area contributed by atoms with Gasteiger partial charge in [-0.1, -0.05) is 72.5 Å². The summed E-state index contributed by atoms with van der Waals surface area (Å²) in [5.41, 5.74) is 2.63. The van der Waals surface area contributed by atoms with Crippen LogP contribution < -0.4 is 34.7 Å². The van der Waals surface area contributed by atoms with Crippen molar-refractivity contribution >= 4 is 28.5 Å². The number of hydrogen-bond donors (Lipinski definition) is 1. The largest absolute Gasteiger partial charge is 1.00 e. The molecule has 0 saturated heterocycles. The number of aliphatic hydroxyl groups is 1. The second-order valence-corrected chi connectivity index (χ2v) is 11.4. The van der Waals surface area contributed by atoms with E-state index in [-0.39, 0.29) is 47.3 Å². The minimum Gasteiger partial charge on any atom is -0.550 e. The van der Waals surface area contributed by atoms with E-state index in [1.807, 2.05) is 54.6 Å². The summed E-state index contributed by atoms with van der Waals surface area (Å²) in [6.07, 6.45) is 0.834. The van der Waals surface area contributed by atoms with Crippen molar-refractivity contribution in [1.29, 1.82) is 0 Å². The molecule has 1 unspecified atom stereocenters. The van der Waals surface area contributed by atoms with Gasteiger partial charge < -0.3 is 15.0 Å². The molecule has 5 rings (SSSR count). The first-order valence-corrected chi connectivity index (χ1v) is 13.5. The third kappa shape index (κ3) is 6.37. The predicted octanol–water partition coefficient (Wildman–Crippen LogP) is 2.66. The van der Waals surface area contributed by atoms with Gasteiger partial charge in [0.15, 0.2) is 0 Å². The summed E-state index contributed by atoms with van der Waals surface area (Å²) in [5, 5.41) is 24.5. The first kappa shape index (κ1) is 28.5. The Morgan fingerprint density at radius 2 is 1.63 bits per heavy atom. The van der Waals surface area contributed by atoms with E-state index in [2.05, 4.69) is 48.2 Å². The Morgan fingerprint density at radius 3 is 2.37 bits per heavy atom. The van der Waals surface area contributed by atoms with Crippen LogP contribution in [0.5, 0.6) is 0 Å². The van der Waals surface area contributed by atoms with E-state index in [1.165, 1.54) is 5.39 Å². The second-order valence-electron chi connectivity index (χ2n) is 10.4. The van der Waals surface area contributed by atoms with Crippen molar-refractivity contribution in [2.24, 2.45) is 5.92 Å².